The van der Waals surface area contributed by atoms with Gasteiger partial charge in [-0.25, -0.2) is 0 Å². The Morgan fingerprint density at radius 1 is 1.36 bits per heavy atom. The lowest BCUT2D eigenvalue weighted by Crippen LogP contribution is -2.22. The number of carbonyl (C=O) groups is 1. The van der Waals surface area contributed by atoms with Crippen LogP contribution in [0.4, 0.5) is 11.5 Å². The summed E-state index contributed by atoms with van der Waals surface area (Å²) in [5.74, 6) is -0.285. The Morgan fingerprint density at radius 2 is 2.05 bits per heavy atom. The number of nitro benzene ring substituents is 1. The molecule has 1 amide bonds. The van der Waals surface area contributed by atoms with Crippen molar-refractivity contribution in [3.05, 3.63) is 51.2 Å². The number of benzene rings is 1. The molecule has 2 rings (SSSR count). The maximum atomic E-state index is 12.2. The number of carbonyl (C=O) groups excluding carboxylic acids is 1. The number of aromatic nitrogens is 2. The average molecular weight is 323 g/mol. The Labute approximate surface area is 132 Å². The number of nitrogens with zero attached hydrogens (tertiary/aromatic N) is 3. The molecule has 1 aromatic heterocycles. The molecule has 7 nitrogen and oxygen atoms in total. The number of nitrogens with one attached hydrogen (secondary N) is 1. The van der Waals surface area contributed by atoms with Gasteiger partial charge in [0.15, 0.2) is 5.82 Å². The molecule has 0 aliphatic heterocycles. The van der Waals surface area contributed by atoms with Crippen molar-refractivity contribution in [2.45, 2.75) is 26.3 Å². The molecule has 0 saturated carbocycles. The van der Waals surface area contributed by atoms with E-state index >= 15 is 0 Å². The molecule has 116 valence electrons. The molecule has 0 aliphatic rings. The first kappa shape index (κ1) is 16.0. The minimum atomic E-state index is -0.644. The van der Waals surface area contributed by atoms with Crippen molar-refractivity contribution in [2.75, 3.05) is 5.32 Å². The maximum Gasteiger partial charge on any atom is 0.283 e. The summed E-state index contributed by atoms with van der Waals surface area (Å²) in [6.07, 6.45) is 1.73. The molecule has 0 fully saturated rings. The standard InChI is InChI=1S/C14H15ClN4O3/c1-14(2,3)18-7-6-12(17-18)16-13(20)10-5-4-9(15)8-11(10)19(21)22/h4-8H,1-3H3,(H,16,17,20). The van der Waals surface area contributed by atoms with Gasteiger partial charge in [-0.05, 0) is 32.9 Å². The van der Waals surface area contributed by atoms with Crippen molar-refractivity contribution in [2.24, 2.45) is 0 Å². The molecule has 1 aromatic carbocycles. The second-order valence-electron chi connectivity index (χ2n) is 5.69. The maximum absolute atomic E-state index is 12.2. The van der Waals surface area contributed by atoms with Crippen LogP contribution in [0.5, 0.6) is 0 Å². The third kappa shape index (κ3) is 3.43. The fraction of sp³-hybridized carbons (Fsp3) is 0.286. The molecule has 22 heavy (non-hydrogen) atoms. The molecule has 8 heteroatoms. The van der Waals surface area contributed by atoms with Crippen LogP contribution in [0.3, 0.4) is 0 Å². The predicted molar refractivity (Wildman–Crippen MR) is 83.3 cm³/mol. The van der Waals surface area contributed by atoms with Crippen molar-refractivity contribution in [1.82, 2.24) is 9.78 Å². The van der Waals surface area contributed by atoms with E-state index in [1.54, 1.807) is 16.9 Å². The highest BCUT2D eigenvalue weighted by atomic mass is 35.5. The first-order valence-electron chi connectivity index (χ1n) is 6.50. The van der Waals surface area contributed by atoms with Gasteiger partial charge in [0, 0.05) is 23.4 Å². The number of hydrogen-bond acceptors (Lipinski definition) is 4. The van der Waals surface area contributed by atoms with E-state index in [1.165, 1.54) is 12.1 Å². The summed E-state index contributed by atoms with van der Waals surface area (Å²) < 4.78 is 1.69. The third-order valence-corrected chi connectivity index (χ3v) is 3.15. The average Bonchev–Trinajstić information content (AvgIpc) is 2.86. The Bertz CT molecular complexity index is 734. The van der Waals surface area contributed by atoms with Crippen molar-refractivity contribution in [3.8, 4) is 0 Å². The van der Waals surface area contributed by atoms with Gasteiger partial charge in [0.2, 0.25) is 0 Å². The molecule has 1 heterocycles. The summed E-state index contributed by atoms with van der Waals surface area (Å²) in [4.78, 5) is 22.6. The van der Waals surface area contributed by atoms with Crippen LogP contribution in [0.15, 0.2) is 30.5 Å². The van der Waals surface area contributed by atoms with Crippen LogP contribution >= 0.6 is 11.6 Å². The van der Waals surface area contributed by atoms with Gasteiger partial charge in [-0.2, -0.15) is 5.10 Å². The van der Waals surface area contributed by atoms with Gasteiger partial charge in [0.05, 0.1) is 10.5 Å². The van der Waals surface area contributed by atoms with Gasteiger partial charge in [-0.1, -0.05) is 11.6 Å². The molecule has 0 unspecified atom stereocenters. The minimum Gasteiger partial charge on any atom is -0.305 e. The van der Waals surface area contributed by atoms with Crippen LogP contribution < -0.4 is 5.32 Å². The lowest BCUT2D eigenvalue weighted by Gasteiger charge is -2.18. The van der Waals surface area contributed by atoms with E-state index in [2.05, 4.69) is 10.4 Å². The van der Waals surface area contributed by atoms with Gasteiger partial charge >= 0.3 is 0 Å². The fourth-order valence-corrected chi connectivity index (χ4v) is 1.96. The van der Waals surface area contributed by atoms with E-state index in [1.807, 2.05) is 20.8 Å². The molecule has 1 N–H and O–H groups in total. The lowest BCUT2D eigenvalue weighted by molar-refractivity contribution is -0.385. The second kappa shape index (κ2) is 5.76. The van der Waals surface area contributed by atoms with E-state index in [4.69, 9.17) is 11.6 Å². The first-order chi connectivity index (χ1) is 10.2. The van der Waals surface area contributed by atoms with E-state index < -0.39 is 10.8 Å². The van der Waals surface area contributed by atoms with Crippen LogP contribution in [0.25, 0.3) is 0 Å². The zero-order chi connectivity index (χ0) is 16.5. The molecular weight excluding hydrogens is 308 g/mol. The third-order valence-electron chi connectivity index (χ3n) is 2.92. The summed E-state index contributed by atoms with van der Waals surface area (Å²) in [5.41, 5.74) is -0.644. The summed E-state index contributed by atoms with van der Waals surface area (Å²) in [6, 6.07) is 5.52. The predicted octanol–water partition coefficient (Wildman–Crippen LogP) is 3.45. The minimum absolute atomic E-state index is 0.0697. The van der Waals surface area contributed by atoms with Crippen LogP contribution in [-0.4, -0.2) is 20.6 Å². The van der Waals surface area contributed by atoms with Gasteiger partial charge in [-0.3, -0.25) is 19.6 Å². The zero-order valence-corrected chi connectivity index (χ0v) is 13.1. The van der Waals surface area contributed by atoms with E-state index in [-0.39, 0.29) is 21.8 Å². The molecule has 0 saturated heterocycles. The van der Waals surface area contributed by atoms with E-state index in [9.17, 15) is 14.9 Å². The van der Waals surface area contributed by atoms with Crippen molar-refractivity contribution in [1.29, 1.82) is 0 Å². The van der Waals surface area contributed by atoms with Crippen LogP contribution in [0.1, 0.15) is 31.1 Å². The quantitative estimate of drug-likeness (QED) is 0.692. The molecule has 0 spiro atoms. The molecule has 0 bridgehead atoms. The van der Waals surface area contributed by atoms with Crippen molar-refractivity contribution < 1.29 is 9.72 Å². The highest BCUT2D eigenvalue weighted by molar-refractivity contribution is 6.31. The van der Waals surface area contributed by atoms with Crippen molar-refractivity contribution >= 4 is 29.0 Å². The number of halogens is 1. The molecule has 0 aliphatic carbocycles. The summed E-state index contributed by atoms with van der Waals surface area (Å²) in [6.45, 7) is 5.90. The molecular formula is C14H15ClN4O3. The van der Waals surface area contributed by atoms with Crippen LogP contribution in [0, 0.1) is 10.1 Å². The van der Waals surface area contributed by atoms with Crippen LogP contribution in [0.2, 0.25) is 5.02 Å². The number of rotatable bonds is 3. The summed E-state index contributed by atoms with van der Waals surface area (Å²) >= 11 is 5.73. The van der Waals surface area contributed by atoms with Crippen LogP contribution in [-0.2, 0) is 5.54 Å². The lowest BCUT2D eigenvalue weighted by atomic mass is 10.1. The van der Waals surface area contributed by atoms with Gasteiger partial charge in [0.25, 0.3) is 11.6 Å². The Balaban J connectivity index is 2.26. The SMILES string of the molecule is CC(C)(C)n1ccc(NC(=O)c2ccc(Cl)cc2[N+](=O)[O-])n1. The van der Waals surface area contributed by atoms with E-state index in [0.717, 1.165) is 6.07 Å². The van der Waals surface area contributed by atoms with Crippen molar-refractivity contribution in [3.63, 3.8) is 0 Å². The molecule has 2 aromatic rings. The fourth-order valence-electron chi connectivity index (χ4n) is 1.80. The smallest absolute Gasteiger partial charge is 0.283 e. The molecule has 0 radical (unpaired) electrons. The second-order valence-corrected chi connectivity index (χ2v) is 6.13. The number of anilines is 1. The van der Waals surface area contributed by atoms with Gasteiger partial charge in [0.1, 0.15) is 5.56 Å². The molecule has 0 atom stereocenters. The number of hydrogen-bond donors (Lipinski definition) is 1. The Morgan fingerprint density at radius 3 is 2.59 bits per heavy atom. The van der Waals surface area contributed by atoms with Gasteiger partial charge in [-0.15, -0.1) is 0 Å². The largest absolute Gasteiger partial charge is 0.305 e. The van der Waals surface area contributed by atoms with Gasteiger partial charge < -0.3 is 5.32 Å². The summed E-state index contributed by atoms with van der Waals surface area (Å²) in [5, 5.41) is 18.0. The Hall–Kier alpha value is -2.41. The zero-order valence-electron chi connectivity index (χ0n) is 12.3. The highest BCUT2D eigenvalue weighted by Crippen LogP contribution is 2.24. The monoisotopic (exact) mass is 322 g/mol. The topological polar surface area (TPSA) is 90.1 Å². The normalized spacial score (nSPS) is 11.3. The highest BCUT2D eigenvalue weighted by Gasteiger charge is 2.22. The first-order valence-corrected chi connectivity index (χ1v) is 6.88. The van der Waals surface area contributed by atoms with E-state index in [0.29, 0.717) is 5.82 Å². The Kier molecular flexibility index (Phi) is 4.18. The number of nitro groups is 1. The number of amides is 1. The summed E-state index contributed by atoms with van der Waals surface area (Å²) in [7, 11) is 0.